The highest BCUT2D eigenvalue weighted by molar-refractivity contribution is 5.99. The van der Waals surface area contributed by atoms with Gasteiger partial charge in [0.2, 0.25) is 0 Å². The second-order valence-corrected chi connectivity index (χ2v) is 4.23. The Hall–Kier alpha value is -1.55. The molecule has 4 N–H and O–H groups in total. The van der Waals surface area contributed by atoms with Crippen LogP contribution in [-0.4, -0.2) is 11.9 Å². The predicted octanol–water partition coefficient (Wildman–Crippen LogP) is 1.19. The predicted molar refractivity (Wildman–Crippen MR) is 64.0 cm³/mol. The third kappa shape index (κ3) is 1.65. The number of nitrogens with two attached hydrogens (primary N) is 2. The summed E-state index contributed by atoms with van der Waals surface area (Å²) in [6.07, 6.45) is 3.02. The summed E-state index contributed by atoms with van der Waals surface area (Å²) in [6, 6.07) is 5.90. The van der Waals surface area contributed by atoms with Crippen molar-refractivity contribution in [2.45, 2.75) is 32.2 Å². The molecule has 1 atom stereocenters. The second kappa shape index (κ2) is 4.14. The van der Waals surface area contributed by atoms with Gasteiger partial charge in [0.1, 0.15) is 0 Å². The van der Waals surface area contributed by atoms with E-state index in [4.69, 9.17) is 11.6 Å². The van der Waals surface area contributed by atoms with Crippen LogP contribution in [0.5, 0.6) is 0 Å². The smallest absolute Gasteiger partial charge is 0.250 e. The molecule has 4 heteroatoms. The number of nitrogens with zero attached hydrogens (tertiary/aromatic N) is 1. The molecule has 1 amide bonds. The van der Waals surface area contributed by atoms with Crippen molar-refractivity contribution in [3.8, 4) is 0 Å². The van der Waals surface area contributed by atoms with Crippen LogP contribution in [0, 0.1) is 0 Å². The lowest BCUT2D eigenvalue weighted by Gasteiger charge is -2.22. The fraction of sp³-hybridized carbons (Fsp3) is 0.417. The molecular formula is C12H17N3O. The average Bonchev–Trinajstić information content (AvgIpc) is 2.57. The van der Waals surface area contributed by atoms with E-state index >= 15 is 0 Å². The number of hydrogen-bond acceptors (Lipinski definition) is 3. The Labute approximate surface area is 95.2 Å². The van der Waals surface area contributed by atoms with Crippen molar-refractivity contribution in [3.63, 3.8) is 0 Å². The van der Waals surface area contributed by atoms with E-state index < -0.39 is 5.91 Å². The fourth-order valence-corrected chi connectivity index (χ4v) is 2.37. The third-order valence-electron chi connectivity index (χ3n) is 3.11. The van der Waals surface area contributed by atoms with E-state index in [1.54, 1.807) is 11.1 Å². The first-order valence-corrected chi connectivity index (χ1v) is 5.60. The van der Waals surface area contributed by atoms with E-state index in [2.05, 4.69) is 6.92 Å². The Morgan fingerprint density at radius 3 is 2.94 bits per heavy atom. The maximum absolute atomic E-state index is 11.3. The molecular weight excluding hydrogens is 202 g/mol. The molecule has 0 fully saturated rings. The first kappa shape index (κ1) is 11.0. The lowest BCUT2D eigenvalue weighted by atomic mass is 10.0. The molecule has 2 rings (SSSR count). The maximum Gasteiger partial charge on any atom is 0.250 e. The number of primary amides is 1. The van der Waals surface area contributed by atoms with Crippen LogP contribution in [-0.2, 0) is 6.42 Å². The van der Waals surface area contributed by atoms with Crippen molar-refractivity contribution in [3.05, 3.63) is 29.3 Å². The summed E-state index contributed by atoms with van der Waals surface area (Å²) < 4.78 is 0. The molecule has 0 radical (unpaired) electrons. The van der Waals surface area contributed by atoms with Crippen LogP contribution < -0.4 is 16.6 Å². The lowest BCUT2D eigenvalue weighted by Crippen LogP contribution is -2.39. The Bertz CT molecular complexity index is 417. The number of anilines is 1. The average molecular weight is 219 g/mol. The topological polar surface area (TPSA) is 72.4 Å². The molecule has 0 saturated heterocycles. The molecule has 1 aliphatic heterocycles. The van der Waals surface area contributed by atoms with Crippen molar-refractivity contribution in [1.29, 1.82) is 0 Å². The summed E-state index contributed by atoms with van der Waals surface area (Å²) in [7, 11) is 0. The number of fused-ring (bicyclic) bond motifs is 1. The number of benzene rings is 1. The number of rotatable bonds is 3. The van der Waals surface area contributed by atoms with Crippen LogP contribution in [0.25, 0.3) is 0 Å². The monoisotopic (exact) mass is 219 g/mol. The molecule has 1 unspecified atom stereocenters. The molecule has 0 aliphatic carbocycles. The number of amides is 1. The summed E-state index contributed by atoms with van der Waals surface area (Å²) in [6.45, 7) is 2.13. The van der Waals surface area contributed by atoms with Crippen molar-refractivity contribution < 1.29 is 4.79 Å². The highest BCUT2D eigenvalue weighted by atomic mass is 16.1. The Balaban J connectivity index is 2.40. The molecule has 1 aromatic rings. The van der Waals surface area contributed by atoms with Crippen LogP contribution in [0.2, 0.25) is 0 Å². The molecule has 0 saturated carbocycles. The van der Waals surface area contributed by atoms with Gasteiger partial charge in [-0.15, -0.1) is 0 Å². The molecule has 1 heterocycles. The van der Waals surface area contributed by atoms with Gasteiger partial charge in [-0.25, -0.2) is 5.84 Å². The maximum atomic E-state index is 11.3. The minimum Gasteiger partial charge on any atom is -0.366 e. The minimum absolute atomic E-state index is 0.292. The van der Waals surface area contributed by atoms with Crippen molar-refractivity contribution >= 4 is 11.6 Å². The minimum atomic E-state index is -0.413. The van der Waals surface area contributed by atoms with Gasteiger partial charge in [0.25, 0.3) is 5.91 Å². The first-order valence-electron chi connectivity index (χ1n) is 5.60. The zero-order chi connectivity index (χ0) is 11.7. The van der Waals surface area contributed by atoms with Gasteiger partial charge in [-0.1, -0.05) is 25.5 Å². The zero-order valence-corrected chi connectivity index (χ0v) is 9.44. The van der Waals surface area contributed by atoms with Gasteiger partial charge in [-0.3, -0.25) is 4.79 Å². The van der Waals surface area contributed by atoms with E-state index in [0.29, 0.717) is 11.6 Å². The molecule has 0 aromatic heterocycles. The zero-order valence-electron chi connectivity index (χ0n) is 9.44. The Morgan fingerprint density at radius 2 is 2.31 bits per heavy atom. The second-order valence-electron chi connectivity index (χ2n) is 4.23. The van der Waals surface area contributed by atoms with Crippen molar-refractivity contribution in [2.75, 3.05) is 5.01 Å². The normalized spacial score (nSPS) is 18.6. The van der Waals surface area contributed by atoms with Gasteiger partial charge < -0.3 is 10.7 Å². The summed E-state index contributed by atoms with van der Waals surface area (Å²) in [5.41, 5.74) is 7.81. The van der Waals surface area contributed by atoms with Gasteiger partial charge in [0.05, 0.1) is 11.3 Å². The fourth-order valence-electron chi connectivity index (χ4n) is 2.37. The van der Waals surface area contributed by atoms with E-state index in [1.807, 2.05) is 12.1 Å². The molecule has 86 valence electrons. The standard InChI is InChI=1S/C12H17N3O/c1-2-4-9-7-8-5-3-6-10(12(13)16)11(8)15(9)14/h3,5-6,9H,2,4,7,14H2,1H3,(H2,13,16). The molecule has 1 aliphatic rings. The number of para-hydroxylation sites is 1. The number of carbonyl (C=O) groups excluding carboxylic acids is 1. The number of hydrogen-bond donors (Lipinski definition) is 2. The number of carbonyl (C=O) groups is 1. The van der Waals surface area contributed by atoms with E-state index in [-0.39, 0.29) is 0 Å². The van der Waals surface area contributed by atoms with Crippen LogP contribution in [0.15, 0.2) is 18.2 Å². The van der Waals surface area contributed by atoms with E-state index in [1.165, 1.54) is 0 Å². The van der Waals surface area contributed by atoms with Gasteiger partial charge in [0.15, 0.2) is 0 Å². The van der Waals surface area contributed by atoms with E-state index in [9.17, 15) is 4.79 Å². The van der Waals surface area contributed by atoms with Crippen LogP contribution in [0.3, 0.4) is 0 Å². The summed E-state index contributed by atoms with van der Waals surface area (Å²) in [5, 5.41) is 1.71. The summed E-state index contributed by atoms with van der Waals surface area (Å²) >= 11 is 0. The van der Waals surface area contributed by atoms with Gasteiger partial charge in [-0.2, -0.15) is 0 Å². The Kier molecular flexibility index (Phi) is 2.83. The molecule has 0 bridgehead atoms. The van der Waals surface area contributed by atoms with Crippen molar-refractivity contribution in [2.24, 2.45) is 11.6 Å². The third-order valence-corrected chi connectivity index (χ3v) is 3.11. The van der Waals surface area contributed by atoms with Crippen LogP contribution in [0.4, 0.5) is 5.69 Å². The van der Waals surface area contributed by atoms with Crippen LogP contribution >= 0.6 is 0 Å². The lowest BCUT2D eigenvalue weighted by molar-refractivity contribution is 0.100. The highest BCUT2D eigenvalue weighted by Gasteiger charge is 2.29. The summed E-state index contributed by atoms with van der Waals surface area (Å²) in [4.78, 5) is 11.3. The van der Waals surface area contributed by atoms with Gasteiger partial charge in [0, 0.05) is 6.04 Å². The summed E-state index contributed by atoms with van der Waals surface area (Å²) in [5.74, 6) is 5.63. The SMILES string of the molecule is CCCC1Cc2cccc(C(N)=O)c2N1N. The van der Waals surface area contributed by atoms with Crippen molar-refractivity contribution in [1.82, 2.24) is 0 Å². The number of hydrazine groups is 1. The van der Waals surface area contributed by atoms with Gasteiger partial charge >= 0.3 is 0 Å². The molecule has 4 nitrogen and oxygen atoms in total. The van der Waals surface area contributed by atoms with Crippen LogP contribution in [0.1, 0.15) is 35.7 Å². The van der Waals surface area contributed by atoms with E-state index in [0.717, 1.165) is 30.5 Å². The molecule has 1 aromatic carbocycles. The first-order chi connectivity index (χ1) is 7.65. The largest absolute Gasteiger partial charge is 0.366 e. The Morgan fingerprint density at radius 1 is 1.56 bits per heavy atom. The quantitative estimate of drug-likeness (QED) is 0.750. The molecule has 16 heavy (non-hydrogen) atoms. The molecule has 0 spiro atoms. The highest BCUT2D eigenvalue weighted by Crippen LogP contribution is 2.34. The van der Waals surface area contributed by atoms with Gasteiger partial charge in [-0.05, 0) is 24.5 Å².